The van der Waals surface area contributed by atoms with Crippen LogP contribution < -0.4 is 32.1 Å². The van der Waals surface area contributed by atoms with E-state index in [4.69, 9.17) is 46.4 Å². The number of rotatable bonds is 10. The van der Waals surface area contributed by atoms with Gasteiger partial charge in [0.2, 0.25) is 23.4 Å². The topological polar surface area (TPSA) is 175 Å². The highest BCUT2D eigenvalue weighted by molar-refractivity contribution is 6.76. The molecular weight excluding hydrogens is 679 g/mol. The van der Waals surface area contributed by atoms with Crippen molar-refractivity contribution in [2.75, 3.05) is 5.88 Å². The second-order valence-electron chi connectivity index (χ2n) is 8.80. The Balaban J connectivity index is 3.08. The third-order valence-corrected chi connectivity index (χ3v) is 6.32. The van der Waals surface area contributed by atoms with Crippen LogP contribution >= 0.6 is 46.4 Å². The van der Waals surface area contributed by atoms with Crippen LogP contribution in [0.2, 0.25) is 0 Å². The summed E-state index contributed by atoms with van der Waals surface area (Å²) in [7, 11) is 0. The Kier molecular flexibility index (Phi) is 12.2. The molecule has 2 unspecified atom stereocenters. The van der Waals surface area contributed by atoms with E-state index in [-0.39, 0.29) is 5.56 Å². The van der Waals surface area contributed by atoms with Gasteiger partial charge in [0.25, 0.3) is 15.6 Å². The van der Waals surface area contributed by atoms with Crippen molar-refractivity contribution < 1.29 is 41.9 Å². The van der Waals surface area contributed by atoms with E-state index in [2.05, 4.69) is 5.32 Å². The molecule has 0 fully saturated rings. The lowest BCUT2D eigenvalue weighted by Crippen LogP contribution is -2.87. The van der Waals surface area contributed by atoms with Crippen molar-refractivity contribution >= 4 is 81.8 Å². The maximum atomic E-state index is 14.0. The lowest BCUT2D eigenvalue weighted by atomic mass is 9.83. The Morgan fingerprint density at radius 2 is 1.23 bits per heavy atom. The lowest BCUT2D eigenvalue weighted by molar-refractivity contribution is -0.180. The predicted molar refractivity (Wildman–Crippen MR) is 153 cm³/mol. The first-order valence-corrected chi connectivity index (χ1v) is 13.7. The summed E-state index contributed by atoms with van der Waals surface area (Å²) in [6.45, 7) is 0.897. The third kappa shape index (κ3) is 9.11. The lowest BCUT2D eigenvalue weighted by Gasteiger charge is -2.50. The first-order valence-electron chi connectivity index (χ1n) is 12.0. The van der Waals surface area contributed by atoms with E-state index >= 15 is 0 Å². The highest BCUT2D eigenvalue weighted by Crippen LogP contribution is 2.35. The van der Waals surface area contributed by atoms with Crippen molar-refractivity contribution in [2.45, 2.75) is 34.6 Å². The summed E-state index contributed by atoms with van der Waals surface area (Å²) in [5, 5.41) is 7.45. The second-order valence-corrected chi connectivity index (χ2v) is 11.3. The second kappa shape index (κ2) is 14.8. The number of hydrazine groups is 1. The van der Waals surface area contributed by atoms with Crippen LogP contribution in [0.15, 0.2) is 60.7 Å². The standard InChI is InChI=1S/C25H23Cl4F3N6O6/c1-14(39)37-38-19(42)23(36-21(44)25(30,31)32,33-17(40)12-15-8-4-2-5-9-15)22(34-18(41)13-26,16-10-6-3-7-11-16)35-20(43)24(27,28)29/h2-11H,12-13H2,1H3,(H,33,40)(H,34,41)(H,35,43)(H,36,44)(H,37,39)(H,38,42). The van der Waals surface area contributed by atoms with Crippen LogP contribution in [0.5, 0.6) is 0 Å². The molecule has 0 aliphatic rings. The number of carbonyl (C=O) groups is 6. The molecule has 6 N–H and O–H groups in total. The van der Waals surface area contributed by atoms with Gasteiger partial charge in [-0.3, -0.25) is 39.6 Å². The zero-order valence-electron chi connectivity index (χ0n) is 22.3. The zero-order chi connectivity index (χ0) is 33.3. The van der Waals surface area contributed by atoms with Crippen LogP contribution in [0.25, 0.3) is 0 Å². The molecule has 0 heterocycles. The monoisotopic (exact) mass is 700 g/mol. The van der Waals surface area contributed by atoms with Crippen LogP contribution in [0.1, 0.15) is 18.1 Å². The van der Waals surface area contributed by atoms with Gasteiger partial charge in [-0.15, -0.1) is 11.6 Å². The van der Waals surface area contributed by atoms with Crippen molar-refractivity contribution in [2.24, 2.45) is 0 Å². The molecule has 0 radical (unpaired) electrons. The van der Waals surface area contributed by atoms with Crippen LogP contribution in [0.4, 0.5) is 13.2 Å². The number of halogens is 7. The van der Waals surface area contributed by atoms with Crippen molar-refractivity contribution in [1.82, 2.24) is 32.1 Å². The van der Waals surface area contributed by atoms with Crippen molar-refractivity contribution in [3.63, 3.8) is 0 Å². The van der Waals surface area contributed by atoms with E-state index < -0.39 is 74.6 Å². The summed E-state index contributed by atoms with van der Waals surface area (Å²) in [5.41, 5.74) is -3.39. The van der Waals surface area contributed by atoms with Crippen molar-refractivity contribution in [3.8, 4) is 0 Å². The summed E-state index contributed by atoms with van der Waals surface area (Å²) in [5.74, 6) is -10.7. The molecule has 0 aliphatic heterocycles. The van der Waals surface area contributed by atoms with E-state index in [1.807, 2.05) is 16.1 Å². The minimum atomic E-state index is -5.73. The number of benzene rings is 2. The van der Waals surface area contributed by atoms with E-state index in [0.29, 0.717) is 0 Å². The third-order valence-electron chi connectivity index (χ3n) is 5.56. The zero-order valence-corrected chi connectivity index (χ0v) is 25.3. The minimum Gasteiger partial charge on any atom is -0.324 e. The SMILES string of the molecule is CC(=O)NNC(=O)C(NC(=O)Cc1ccccc1)(NC(=O)C(F)(F)F)C(NC(=O)CCl)(NC(=O)C(Cl)(Cl)Cl)c1ccccc1. The Morgan fingerprint density at radius 3 is 1.70 bits per heavy atom. The van der Waals surface area contributed by atoms with Gasteiger partial charge in [0.05, 0.1) is 6.42 Å². The number of hydrogen-bond donors (Lipinski definition) is 6. The number of nitrogens with one attached hydrogen (secondary N) is 6. The smallest absolute Gasteiger partial charge is 0.324 e. The highest BCUT2D eigenvalue weighted by atomic mass is 35.6. The fourth-order valence-electron chi connectivity index (χ4n) is 3.77. The molecule has 0 bridgehead atoms. The normalized spacial score (nSPS) is 14.1. The van der Waals surface area contributed by atoms with Crippen molar-refractivity contribution in [3.05, 3.63) is 71.8 Å². The molecule has 12 nitrogen and oxygen atoms in total. The molecule has 6 amide bonds. The molecule has 0 spiro atoms. The van der Waals surface area contributed by atoms with Gasteiger partial charge in [-0.2, -0.15) is 13.2 Å². The fraction of sp³-hybridized carbons (Fsp3) is 0.280. The Bertz CT molecular complexity index is 1400. The average Bonchev–Trinajstić information content (AvgIpc) is 2.94. The molecule has 2 rings (SSSR count). The maximum absolute atomic E-state index is 14.0. The summed E-state index contributed by atoms with van der Waals surface area (Å²) in [6.07, 6.45) is -6.35. The summed E-state index contributed by atoms with van der Waals surface area (Å²) >= 11 is 22.9. The fourth-order valence-corrected chi connectivity index (χ4v) is 3.98. The van der Waals surface area contributed by atoms with Gasteiger partial charge < -0.3 is 21.3 Å². The number of amides is 6. The quantitative estimate of drug-likeness (QED) is 0.125. The molecule has 0 aromatic heterocycles. The predicted octanol–water partition coefficient (Wildman–Crippen LogP) is 1.58. The first kappa shape index (κ1) is 36.4. The Labute approximate surface area is 267 Å². The van der Waals surface area contributed by atoms with E-state index in [0.717, 1.165) is 19.1 Å². The van der Waals surface area contributed by atoms with E-state index in [9.17, 15) is 41.9 Å². The van der Waals surface area contributed by atoms with E-state index in [1.54, 1.807) is 11.5 Å². The first-order chi connectivity index (χ1) is 20.4. The molecule has 238 valence electrons. The average molecular weight is 702 g/mol. The van der Waals surface area contributed by atoms with Gasteiger partial charge >= 0.3 is 12.1 Å². The molecule has 2 aromatic carbocycles. The van der Waals surface area contributed by atoms with Crippen molar-refractivity contribution in [1.29, 1.82) is 0 Å². The van der Waals surface area contributed by atoms with Gasteiger partial charge in [0, 0.05) is 12.5 Å². The molecule has 19 heteroatoms. The summed E-state index contributed by atoms with van der Waals surface area (Å²) in [6, 6.07) is 13.6. The molecule has 0 saturated heterocycles. The van der Waals surface area contributed by atoms with Gasteiger partial charge in [0.1, 0.15) is 5.88 Å². The van der Waals surface area contributed by atoms with Crippen LogP contribution in [-0.4, -0.2) is 57.0 Å². The Morgan fingerprint density at radius 1 is 0.682 bits per heavy atom. The van der Waals surface area contributed by atoms with E-state index in [1.165, 1.54) is 47.8 Å². The van der Waals surface area contributed by atoms with Gasteiger partial charge in [-0.1, -0.05) is 95.5 Å². The van der Waals surface area contributed by atoms with Gasteiger partial charge in [0.15, 0.2) is 5.66 Å². The molecule has 0 aliphatic carbocycles. The minimum absolute atomic E-state index is 0.281. The molecular formula is C25H23Cl4F3N6O6. The van der Waals surface area contributed by atoms with Crippen LogP contribution in [-0.2, 0) is 40.9 Å². The summed E-state index contributed by atoms with van der Waals surface area (Å²) < 4.78 is 38.6. The largest absolute Gasteiger partial charge is 0.471 e. The van der Waals surface area contributed by atoms with Crippen LogP contribution in [0.3, 0.4) is 0 Å². The maximum Gasteiger partial charge on any atom is 0.471 e. The van der Waals surface area contributed by atoms with Crippen LogP contribution in [0, 0.1) is 0 Å². The highest BCUT2D eigenvalue weighted by Gasteiger charge is 2.64. The molecule has 0 saturated carbocycles. The molecule has 2 atom stereocenters. The summed E-state index contributed by atoms with van der Waals surface area (Å²) in [4.78, 5) is 77.8. The van der Waals surface area contributed by atoms with Gasteiger partial charge in [-0.05, 0) is 5.56 Å². The Hall–Kier alpha value is -3.79. The number of alkyl halides is 7. The molecule has 2 aromatic rings. The number of carbonyl (C=O) groups excluding carboxylic acids is 6. The number of hydrogen-bond acceptors (Lipinski definition) is 6. The van der Waals surface area contributed by atoms with Gasteiger partial charge in [-0.25, -0.2) is 0 Å². The molecule has 44 heavy (non-hydrogen) atoms.